The van der Waals surface area contributed by atoms with Gasteiger partial charge in [0.05, 0.1) is 11.4 Å². The minimum Gasteiger partial charge on any atom is -0.459 e. The van der Waals surface area contributed by atoms with Crippen molar-refractivity contribution in [3.8, 4) is 0 Å². The fraction of sp³-hybridized carbons (Fsp3) is 0.615. The van der Waals surface area contributed by atoms with Crippen LogP contribution >= 0.6 is 0 Å². The molecule has 2 rings (SSSR count). The van der Waals surface area contributed by atoms with Gasteiger partial charge < -0.3 is 4.74 Å². The van der Waals surface area contributed by atoms with Gasteiger partial charge in [0, 0.05) is 0 Å². The third-order valence-electron chi connectivity index (χ3n) is 3.23. The van der Waals surface area contributed by atoms with Crippen LogP contribution in [0.25, 0.3) is 0 Å². The smallest absolute Gasteiger partial charge is 0.342 e. The molecule has 0 bridgehead atoms. The average molecular weight is 234 g/mol. The summed E-state index contributed by atoms with van der Waals surface area (Å²) < 4.78 is 5.50. The Kier molecular flexibility index (Phi) is 3.71. The Bertz CT molecular complexity index is 412. The van der Waals surface area contributed by atoms with Gasteiger partial charge in [0.1, 0.15) is 18.0 Å². The summed E-state index contributed by atoms with van der Waals surface area (Å²) in [6.45, 7) is 3.81. The predicted molar refractivity (Wildman–Crippen MR) is 63.8 cm³/mol. The average Bonchev–Trinajstić information content (AvgIpc) is 2.81. The van der Waals surface area contributed by atoms with Gasteiger partial charge in [-0.3, -0.25) is 0 Å². The van der Waals surface area contributed by atoms with Gasteiger partial charge >= 0.3 is 5.97 Å². The van der Waals surface area contributed by atoms with Crippen LogP contribution in [0.1, 0.15) is 54.4 Å². The number of aromatic nitrogens is 2. The molecule has 0 spiro atoms. The van der Waals surface area contributed by atoms with Crippen molar-refractivity contribution in [1.29, 1.82) is 0 Å². The minimum absolute atomic E-state index is 0.0896. The maximum absolute atomic E-state index is 12.1. The third-order valence-corrected chi connectivity index (χ3v) is 3.23. The monoisotopic (exact) mass is 234 g/mol. The molecule has 0 N–H and O–H groups in total. The number of esters is 1. The first-order chi connectivity index (χ1) is 8.22. The zero-order chi connectivity index (χ0) is 12.3. The number of carbonyl (C=O) groups excluding carboxylic acids is 1. The van der Waals surface area contributed by atoms with Crippen molar-refractivity contribution >= 4 is 5.97 Å². The molecule has 1 aromatic heterocycles. The van der Waals surface area contributed by atoms with E-state index >= 15 is 0 Å². The number of aryl methyl sites for hydroxylation is 2. The molecule has 17 heavy (non-hydrogen) atoms. The van der Waals surface area contributed by atoms with Gasteiger partial charge in [0.25, 0.3) is 0 Å². The Labute approximate surface area is 101 Å². The number of hydrogen-bond donors (Lipinski definition) is 0. The molecular weight excluding hydrogens is 216 g/mol. The van der Waals surface area contributed by atoms with Crippen molar-refractivity contribution < 1.29 is 9.53 Å². The molecular formula is C13H18N2O2. The van der Waals surface area contributed by atoms with Gasteiger partial charge in [-0.15, -0.1) is 0 Å². The molecule has 4 heteroatoms. The molecule has 4 nitrogen and oxygen atoms in total. The molecule has 1 fully saturated rings. The lowest BCUT2D eigenvalue weighted by molar-refractivity contribution is 0.0314. The van der Waals surface area contributed by atoms with E-state index in [1.165, 1.54) is 6.33 Å². The maximum Gasteiger partial charge on any atom is 0.342 e. The number of rotatable bonds is 3. The van der Waals surface area contributed by atoms with E-state index in [4.69, 9.17) is 4.74 Å². The van der Waals surface area contributed by atoms with Gasteiger partial charge in [-0.05, 0) is 39.0 Å². The summed E-state index contributed by atoms with van der Waals surface area (Å²) in [7, 11) is 0. The zero-order valence-electron chi connectivity index (χ0n) is 10.4. The third kappa shape index (κ3) is 2.62. The van der Waals surface area contributed by atoms with E-state index in [0.717, 1.165) is 37.8 Å². The molecule has 0 aromatic carbocycles. The summed E-state index contributed by atoms with van der Waals surface area (Å²) >= 11 is 0. The van der Waals surface area contributed by atoms with Gasteiger partial charge in [-0.25, -0.2) is 14.8 Å². The molecule has 1 aliphatic carbocycles. The van der Waals surface area contributed by atoms with Crippen LogP contribution in [0.5, 0.6) is 0 Å². The second-order valence-electron chi connectivity index (χ2n) is 4.45. The first-order valence-corrected chi connectivity index (χ1v) is 6.23. The van der Waals surface area contributed by atoms with E-state index < -0.39 is 0 Å². The maximum atomic E-state index is 12.1. The van der Waals surface area contributed by atoms with Crippen molar-refractivity contribution in [2.24, 2.45) is 0 Å². The van der Waals surface area contributed by atoms with Crippen molar-refractivity contribution in [3.63, 3.8) is 0 Å². The quantitative estimate of drug-likeness (QED) is 0.754. The van der Waals surface area contributed by atoms with E-state index in [2.05, 4.69) is 9.97 Å². The highest BCUT2D eigenvalue weighted by molar-refractivity contribution is 5.91. The highest BCUT2D eigenvalue weighted by Crippen LogP contribution is 2.23. The lowest BCUT2D eigenvalue weighted by Crippen LogP contribution is -2.18. The SMILES string of the molecule is CCc1ncnc(C)c1C(=O)OC1CCCC1. The van der Waals surface area contributed by atoms with Crippen molar-refractivity contribution in [1.82, 2.24) is 9.97 Å². The summed E-state index contributed by atoms with van der Waals surface area (Å²) in [4.78, 5) is 20.3. The fourth-order valence-electron chi connectivity index (χ4n) is 2.27. The molecule has 1 aliphatic rings. The molecule has 0 aliphatic heterocycles. The van der Waals surface area contributed by atoms with Gasteiger partial charge in [0.2, 0.25) is 0 Å². The molecule has 0 radical (unpaired) electrons. The zero-order valence-corrected chi connectivity index (χ0v) is 10.4. The fourth-order valence-corrected chi connectivity index (χ4v) is 2.27. The first-order valence-electron chi connectivity index (χ1n) is 6.23. The summed E-state index contributed by atoms with van der Waals surface area (Å²) in [6, 6.07) is 0. The molecule has 1 heterocycles. The Morgan fingerprint density at radius 3 is 2.76 bits per heavy atom. The number of carbonyl (C=O) groups is 1. The molecule has 0 amide bonds. The largest absolute Gasteiger partial charge is 0.459 e. The topological polar surface area (TPSA) is 52.1 Å². The van der Waals surface area contributed by atoms with Crippen LogP contribution in [0.3, 0.4) is 0 Å². The number of hydrogen-bond acceptors (Lipinski definition) is 4. The van der Waals surface area contributed by atoms with Gasteiger partial charge in [-0.1, -0.05) is 6.92 Å². The summed E-state index contributed by atoms with van der Waals surface area (Å²) in [5.41, 5.74) is 2.04. The summed E-state index contributed by atoms with van der Waals surface area (Å²) in [5, 5.41) is 0. The van der Waals surface area contributed by atoms with Crippen LogP contribution in [0, 0.1) is 6.92 Å². The number of ether oxygens (including phenoxy) is 1. The normalized spacial score (nSPS) is 16.1. The highest BCUT2D eigenvalue weighted by Gasteiger charge is 2.23. The second-order valence-corrected chi connectivity index (χ2v) is 4.45. The van der Waals surface area contributed by atoms with Crippen LogP contribution < -0.4 is 0 Å². The van der Waals surface area contributed by atoms with E-state index in [9.17, 15) is 4.79 Å². The van der Waals surface area contributed by atoms with Crippen LogP contribution in [0.15, 0.2) is 6.33 Å². The van der Waals surface area contributed by atoms with Crippen molar-refractivity contribution in [3.05, 3.63) is 23.3 Å². The van der Waals surface area contributed by atoms with Crippen molar-refractivity contribution in [2.75, 3.05) is 0 Å². The predicted octanol–water partition coefficient (Wildman–Crippen LogP) is 2.45. The Hall–Kier alpha value is -1.45. The molecule has 92 valence electrons. The lowest BCUT2D eigenvalue weighted by atomic mass is 10.1. The highest BCUT2D eigenvalue weighted by atomic mass is 16.5. The number of nitrogens with zero attached hydrogens (tertiary/aromatic N) is 2. The van der Waals surface area contributed by atoms with Gasteiger partial charge in [0.15, 0.2) is 0 Å². The first kappa shape index (κ1) is 12.0. The van der Waals surface area contributed by atoms with E-state index in [1.807, 2.05) is 13.8 Å². The van der Waals surface area contributed by atoms with E-state index in [-0.39, 0.29) is 12.1 Å². The molecule has 0 unspecified atom stereocenters. The summed E-state index contributed by atoms with van der Waals surface area (Å²) in [5.74, 6) is -0.258. The molecule has 0 atom stereocenters. The molecule has 1 saturated carbocycles. The Balaban J connectivity index is 2.17. The van der Waals surface area contributed by atoms with Crippen LogP contribution in [0.4, 0.5) is 0 Å². The minimum atomic E-state index is -0.258. The van der Waals surface area contributed by atoms with E-state index in [1.54, 1.807) is 0 Å². The Morgan fingerprint density at radius 2 is 2.12 bits per heavy atom. The van der Waals surface area contributed by atoms with Gasteiger partial charge in [-0.2, -0.15) is 0 Å². The second kappa shape index (κ2) is 5.25. The van der Waals surface area contributed by atoms with Crippen molar-refractivity contribution in [2.45, 2.75) is 52.1 Å². The molecule has 1 aromatic rings. The lowest BCUT2D eigenvalue weighted by Gasteiger charge is -2.13. The Morgan fingerprint density at radius 1 is 1.41 bits per heavy atom. The van der Waals surface area contributed by atoms with E-state index in [0.29, 0.717) is 11.3 Å². The van der Waals surface area contributed by atoms with Crippen LogP contribution in [-0.4, -0.2) is 22.0 Å². The molecule has 0 saturated heterocycles. The summed E-state index contributed by atoms with van der Waals surface area (Å²) in [6.07, 6.45) is 6.59. The van der Waals surface area contributed by atoms with Crippen LogP contribution in [-0.2, 0) is 11.2 Å². The standard InChI is InChI=1S/C13H18N2O2/c1-3-11-12(9(2)14-8-15-11)13(16)17-10-6-4-5-7-10/h8,10H,3-7H2,1-2H3. The van der Waals surface area contributed by atoms with Crippen LogP contribution in [0.2, 0.25) is 0 Å².